The number of aromatic nitrogens is 1. The predicted octanol–water partition coefficient (Wildman–Crippen LogP) is 3.19. The smallest absolute Gasteiger partial charge is 0.296 e. The molecule has 1 aromatic carbocycles. The summed E-state index contributed by atoms with van der Waals surface area (Å²) in [5.74, 6) is -1.07. The Balaban J connectivity index is 2.01. The van der Waals surface area contributed by atoms with Crippen molar-refractivity contribution in [3.8, 4) is 0 Å². The Labute approximate surface area is 119 Å². The van der Waals surface area contributed by atoms with Crippen LogP contribution < -0.4 is 5.32 Å². The molecule has 18 heavy (non-hydrogen) atoms. The number of rotatable bonds is 2. The van der Waals surface area contributed by atoms with E-state index >= 15 is 0 Å². The fraction of sp³-hybridized carbons (Fsp3) is 0. The summed E-state index contributed by atoms with van der Waals surface area (Å²) in [6, 6.07) is 3.46. The molecule has 1 N–H and O–H groups in total. The van der Waals surface area contributed by atoms with Gasteiger partial charge in [0, 0.05) is 20.9 Å². The number of ketones is 1. The first-order chi connectivity index (χ1) is 8.65. The molecule has 90 valence electrons. The van der Waals surface area contributed by atoms with Crippen LogP contribution >= 0.6 is 39.0 Å². The van der Waals surface area contributed by atoms with Crippen LogP contribution in [0.5, 0.6) is 0 Å². The first-order valence-corrected chi connectivity index (χ1v) is 7.40. The van der Waals surface area contributed by atoms with E-state index in [0.717, 1.165) is 13.7 Å². The van der Waals surface area contributed by atoms with E-state index in [1.165, 1.54) is 23.1 Å². The van der Waals surface area contributed by atoms with Crippen molar-refractivity contribution < 1.29 is 9.59 Å². The molecule has 0 aliphatic carbocycles. The quantitative estimate of drug-likeness (QED) is 0.853. The maximum absolute atomic E-state index is 11.5. The maximum atomic E-state index is 11.5. The second-order valence-electron chi connectivity index (χ2n) is 3.51. The Morgan fingerprint density at radius 2 is 2.17 bits per heavy atom. The minimum Gasteiger partial charge on any atom is -0.318 e. The SMILES string of the molecule is O=C1Nc2cc(Sc3nccs3)c(Br)cc2C1=O. The first-order valence-electron chi connectivity index (χ1n) is 4.92. The zero-order chi connectivity index (χ0) is 12.7. The van der Waals surface area contributed by atoms with Gasteiger partial charge in [0.1, 0.15) is 0 Å². The standard InChI is InChI=1S/C11H5BrN2O2S2/c12-6-3-5-7(14-10(16)9(5)15)4-8(6)18-11-13-1-2-17-11/h1-4H,(H,14,15,16). The third kappa shape index (κ3) is 1.98. The molecule has 1 amide bonds. The highest BCUT2D eigenvalue weighted by atomic mass is 79.9. The Bertz CT molecular complexity index is 655. The molecule has 2 heterocycles. The van der Waals surface area contributed by atoms with E-state index in [1.807, 2.05) is 5.38 Å². The van der Waals surface area contributed by atoms with Crippen LogP contribution in [0.25, 0.3) is 0 Å². The van der Waals surface area contributed by atoms with Gasteiger partial charge in [0.15, 0.2) is 4.34 Å². The summed E-state index contributed by atoms with van der Waals surface area (Å²) >= 11 is 6.43. The number of Topliss-reactive ketones (excluding diaryl/α,β-unsaturated/α-hetero) is 1. The summed E-state index contributed by atoms with van der Waals surface area (Å²) in [5.41, 5.74) is 0.975. The molecule has 0 saturated heterocycles. The average Bonchev–Trinajstić information content (AvgIpc) is 2.92. The van der Waals surface area contributed by atoms with E-state index in [0.29, 0.717) is 11.3 Å². The molecule has 2 aromatic rings. The highest BCUT2D eigenvalue weighted by molar-refractivity contribution is 9.10. The number of hydrogen-bond acceptors (Lipinski definition) is 5. The van der Waals surface area contributed by atoms with E-state index in [-0.39, 0.29) is 0 Å². The van der Waals surface area contributed by atoms with Gasteiger partial charge in [-0.25, -0.2) is 4.98 Å². The molecule has 1 aliphatic rings. The van der Waals surface area contributed by atoms with Gasteiger partial charge in [0.2, 0.25) is 0 Å². The summed E-state index contributed by atoms with van der Waals surface area (Å²) in [6.07, 6.45) is 1.74. The molecule has 0 radical (unpaired) electrons. The summed E-state index contributed by atoms with van der Waals surface area (Å²) in [7, 11) is 0. The zero-order valence-corrected chi connectivity index (χ0v) is 12.0. The van der Waals surface area contributed by atoms with Crippen LogP contribution in [-0.4, -0.2) is 16.7 Å². The van der Waals surface area contributed by atoms with E-state index < -0.39 is 11.7 Å². The predicted molar refractivity (Wildman–Crippen MR) is 73.3 cm³/mol. The number of amides is 1. The molecule has 0 saturated carbocycles. The van der Waals surface area contributed by atoms with Gasteiger partial charge < -0.3 is 5.32 Å². The lowest BCUT2D eigenvalue weighted by Crippen LogP contribution is -2.12. The number of hydrogen-bond donors (Lipinski definition) is 1. The Morgan fingerprint density at radius 3 is 2.89 bits per heavy atom. The number of anilines is 1. The van der Waals surface area contributed by atoms with E-state index in [1.54, 1.807) is 18.3 Å². The fourth-order valence-corrected chi connectivity index (χ4v) is 3.79. The van der Waals surface area contributed by atoms with Crippen molar-refractivity contribution in [3.05, 3.63) is 33.7 Å². The molecule has 0 atom stereocenters. The van der Waals surface area contributed by atoms with Gasteiger partial charge in [0.25, 0.3) is 11.7 Å². The van der Waals surface area contributed by atoms with Crippen molar-refractivity contribution in [2.24, 2.45) is 0 Å². The molecule has 0 fully saturated rings. The highest BCUT2D eigenvalue weighted by Gasteiger charge is 2.29. The third-order valence-corrected chi connectivity index (χ3v) is 5.24. The van der Waals surface area contributed by atoms with Crippen molar-refractivity contribution in [2.45, 2.75) is 9.24 Å². The fourth-order valence-electron chi connectivity index (χ4n) is 1.58. The second kappa shape index (κ2) is 4.49. The molecule has 0 bridgehead atoms. The summed E-state index contributed by atoms with van der Waals surface area (Å²) in [4.78, 5) is 27.9. The summed E-state index contributed by atoms with van der Waals surface area (Å²) in [6.45, 7) is 0. The van der Waals surface area contributed by atoms with E-state index in [4.69, 9.17) is 0 Å². The average molecular weight is 341 g/mol. The molecule has 3 rings (SSSR count). The number of carbonyl (C=O) groups is 2. The molecule has 0 unspecified atom stereocenters. The number of thiazole rings is 1. The van der Waals surface area contributed by atoms with Crippen LogP contribution in [0.4, 0.5) is 5.69 Å². The molecule has 1 aromatic heterocycles. The Kier molecular flexibility index (Phi) is 2.96. The lowest BCUT2D eigenvalue weighted by molar-refractivity contribution is -0.112. The number of benzene rings is 1. The van der Waals surface area contributed by atoms with E-state index in [9.17, 15) is 9.59 Å². The molecular weight excluding hydrogens is 336 g/mol. The summed E-state index contributed by atoms with van der Waals surface area (Å²) < 4.78 is 1.69. The molecule has 4 nitrogen and oxygen atoms in total. The largest absolute Gasteiger partial charge is 0.318 e. The number of fused-ring (bicyclic) bond motifs is 1. The van der Waals surface area contributed by atoms with Crippen molar-refractivity contribution in [1.29, 1.82) is 0 Å². The molecular formula is C11H5BrN2O2S2. The van der Waals surface area contributed by atoms with Crippen molar-refractivity contribution in [1.82, 2.24) is 4.98 Å². The Morgan fingerprint density at radius 1 is 1.33 bits per heavy atom. The van der Waals surface area contributed by atoms with Gasteiger partial charge >= 0.3 is 0 Å². The number of carbonyl (C=O) groups excluding carboxylic acids is 2. The number of halogens is 1. The van der Waals surface area contributed by atoms with Gasteiger partial charge in [0.05, 0.1) is 11.3 Å². The second-order valence-corrected chi connectivity index (χ2v) is 6.55. The molecule has 7 heteroatoms. The number of nitrogens with zero attached hydrogens (tertiary/aromatic N) is 1. The van der Waals surface area contributed by atoms with E-state index in [2.05, 4.69) is 26.2 Å². The van der Waals surface area contributed by atoms with Crippen LogP contribution in [0.1, 0.15) is 10.4 Å². The van der Waals surface area contributed by atoms with Gasteiger partial charge in [-0.3, -0.25) is 9.59 Å². The van der Waals surface area contributed by atoms with Crippen LogP contribution in [0, 0.1) is 0 Å². The van der Waals surface area contributed by atoms with Gasteiger partial charge in [-0.1, -0.05) is 11.8 Å². The minimum atomic E-state index is -0.576. The zero-order valence-electron chi connectivity index (χ0n) is 8.77. The number of nitrogens with one attached hydrogen (secondary N) is 1. The van der Waals surface area contributed by atoms with Gasteiger partial charge in [-0.15, -0.1) is 11.3 Å². The van der Waals surface area contributed by atoms with Crippen LogP contribution in [0.15, 0.2) is 37.4 Å². The summed E-state index contributed by atoms with van der Waals surface area (Å²) in [5, 5.41) is 4.45. The van der Waals surface area contributed by atoms with Crippen LogP contribution in [0.3, 0.4) is 0 Å². The Hall–Kier alpha value is -1.18. The lowest BCUT2D eigenvalue weighted by Gasteiger charge is -2.04. The van der Waals surface area contributed by atoms with Gasteiger partial charge in [-0.05, 0) is 28.1 Å². The van der Waals surface area contributed by atoms with Crippen molar-refractivity contribution >= 4 is 56.4 Å². The first kappa shape index (κ1) is 11.9. The minimum absolute atomic E-state index is 0.412. The van der Waals surface area contributed by atoms with Crippen molar-refractivity contribution in [3.63, 3.8) is 0 Å². The molecule has 1 aliphatic heterocycles. The van der Waals surface area contributed by atoms with Crippen LogP contribution in [0.2, 0.25) is 0 Å². The maximum Gasteiger partial charge on any atom is 0.296 e. The topological polar surface area (TPSA) is 59.1 Å². The monoisotopic (exact) mass is 340 g/mol. The molecule has 0 spiro atoms. The lowest BCUT2D eigenvalue weighted by atomic mass is 10.1. The van der Waals surface area contributed by atoms with Crippen molar-refractivity contribution in [2.75, 3.05) is 5.32 Å². The normalized spacial score (nSPS) is 13.6. The highest BCUT2D eigenvalue weighted by Crippen LogP contribution is 2.39. The van der Waals surface area contributed by atoms with Gasteiger partial charge in [-0.2, -0.15) is 0 Å². The van der Waals surface area contributed by atoms with Crippen LogP contribution in [-0.2, 0) is 4.79 Å². The third-order valence-electron chi connectivity index (χ3n) is 2.38.